The summed E-state index contributed by atoms with van der Waals surface area (Å²) in [5.74, 6) is -0.0528. The molecular formula is C17H24O2Si. The lowest BCUT2D eigenvalue weighted by atomic mass is 9.97. The van der Waals surface area contributed by atoms with Gasteiger partial charge in [0.2, 0.25) is 0 Å². The monoisotopic (exact) mass is 288 g/mol. The average Bonchev–Trinajstić information content (AvgIpc) is 2.33. The smallest absolute Gasteiger partial charge is 0.158 e. The molecule has 0 amide bonds. The van der Waals surface area contributed by atoms with Crippen LogP contribution in [-0.4, -0.2) is 18.3 Å². The number of fused-ring (bicyclic) bond motifs is 1. The van der Waals surface area contributed by atoms with Crippen LogP contribution in [-0.2, 0) is 12.5 Å². The van der Waals surface area contributed by atoms with E-state index in [4.69, 9.17) is 0 Å². The molecule has 0 aliphatic rings. The second kappa shape index (κ2) is 5.48. The standard InChI is InChI=1S/C17H24O2Si/c1-5-6-12-7-8-13(11-20(2,3)4)15-10-17(19)16(18)9-14(12)15/h7-10,18-19H,5-6,11H2,1-4H3. The summed E-state index contributed by atoms with van der Waals surface area (Å²) in [7, 11) is -1.23. The zero-order chi connectivity index (χ0) is 14.9. The maximum absolute atomic E-state index is 9.82. The predicted octanol–water partition coefficient (Wildman–Crippen LogP) is 4.62. The Morgan fingerprint density at radius 1 is 0.900 bits per heavy atom. The van der Waals surface area contributed by atoms with Gasteiger partial charge in [-0.05, 0) is 46.5 Å². The number of aromatic hydroxyl groups is 2. The highest BCUT2D eigenvalue weighted by Crippen LogP contribution is 2.35. The number of phenols is 2. The third kappa shape index (κ3) is 3.15. The maximum Gasteiger partial charge on any atom is 0.158 e. The van der Waals surface area contributed by atoms with E-state index in [0.29, 0.717) is 0 Å². The van der Waals surface area contributed by atoms with E-state index in [9.17, 15) is 10.2 Å². The molecule has 0 unspecified atom stereocenters. The predicted molar refractivity (Wildman–Crippen MR) is 88.3 cm³/mol. The van der Waals surface area contributed by atoms with E-state index in [1.54, 1.807) is 12.1 Å². The molecule has 2 N–H and O–H groups in total. The van der Waals surface area contributed by atoms with Crippen molar-refractivity contribution in [2.75, 3.05) is 0 Å². The molecule has 0 heterocycles. The summed E-state index contributed by atoms with van der Waals surface area (Å²) in [5.41, 5.74) is 2.53. The number of aryl methyl sites for hydroxylation is 1. The van der Waals surface area contributed by atoms with Crippen molar-refractivity contribution in [1.82, 2.24) is 0 Å². The van der Waals surface area contributed by atoms with Gasteiger partial charge in [-0.25, -0.2) is 0 Å². The van der Waals surface area contributed by atoms with Gasteiger partial charge in [0.1, 0.15) is 0 Å². The average molecular weight is 288 g/mol. The third-order valence-corrected chi connectivity index (χ3v) is 4.97. The Hall–Kier alpha value is -1.48. The van der Waals surface area contributed by atoms with Crippen molar-refractivity contribution >= 4 is 18.8 Å². The minimum Gasteiger partial charge on any atom is -0.504 e. The largest absolute Gasteiger partial charge is 0.504 e. The number of benzene rings is 2. The van der Waals surface area contributed by atoms with Gasteiger partial charge in [-0.2, -0.15) is 0 Å². The highest BCUT2D eigenvalue weighted by molar-refractivity contribution is 6.75. The molecule has 0 saturated heterocycles. The minimum absolute atomic E-state index is 0.0250. The summed E-state index contributed by atoms with van der Waals surface area (Å²) < 4.78 is 0. The van der Waals surface area contributed by atoms with E-state index in [0.717, 1.165) is 29.7 Å². The molecule has 2 aromatic carbocycles. The van der Waals surface area contributed by atoms with Crippen LogP contribution in [0, 0.1) is 0 Å². The zero-order valence-electron chi connectivity index (χ0n) is 12.8. The van der Waals surface area contributed by atoms with Crippen molar-refractivity contribution in [1.29, 1.82) is 0 Å². The molecule has 2 nitrogen and oxygen atoms in total. The normalized spacial score (nSPS) is 12.0. The molecule has 0 aliphatic carbocycles. The summed E-state index contributed by atoms with van der Waals surface area (Å²) in [4.78, 5) is 0. The summed E-state index contributed by atoms with van der Waals surface area (Å²) in [6.07, 6.45) is 2.07. The van der Waals surface area contributed by atoms with E-state index < -0.39 is 8.07 Å². The molecule has 0 aromatic heterocycles. The Labute approximate surface area is 122 Å². The van der Waals surface area contributed by atoms with E-state index in [2.05, 4.69) is 38.7 Å². The van der Waals surface area contributed by atoms with E-state index in [1.807, 2.05) is 0 Å². The first kappa shape index (κ1) is 14.9. The van der Waals surface area contributed by atoms with Crippen LogP contribution < -0.4 is 0 Å². The van der Waals surface area contributed by atoms with Crippen molar-refractivity contribution in [2.45, 2.75) is 45.5 Å². The topological polar surface area (TPSA) is 40.5 Å². The lowest BCUT2D eigenvalue weighted by Gasteiger charge is -2.19. The highest BCUT2D eigenvalue weighted by Gasteiger charge is 2.17. The Morgan fingerprint density at radius 3 is 1.90 bits per heavy atom. The molecular weight excluding hydrogens is 264 g/mol. The number of hydrogen-bond donors (Lipinski definition) is 2. The molecule has 108 valence electrons. The molecule has 0 bridgehead atoms. The number of hydrogen-bond acceptors (Lipinski definition) is 2. The van der Waals surface area contributed by atoms with Crippen molar-refractivity contribution in [2.24, 2.45) is 0 Å². The van der Waals surface area contributed by atoms with E-state index in [-0.39, 0.29) is 11.5 Å². The first-order valence-electron chi connectivity index (χ1n) is 7.28. The Morgan fingerprint density at radius 2 is 1.40 bits per heavy atom. The molecule has 0 aliphatic heterocycles. The summed E-state index contributed by atoms with van der Waals surface area (Å²) in [6, 6.07) is 8.89. The maximum atomic E-state index is 9.82. The quantitative estimate of drug-likeness (QED) is 0.636. The molecule has 20 heavy (non-hydrogen) atoms. The number of phenolic OH excluding ortho intramolecular Hbond substituents is 2. The summed E-state index contributed by atoms with van der Waals surface area (Å²) in [6.45, 7) is 9.19. The van der Waals surface area contributed by atoms with Crippen LogP contribution in [0.1, 0.15) is 24.5 Å². The van der Waals surface area contributed by atoms with Gasteiger partial charge in [-0.15, -0.1) is 0 Å². The molecule has 3 heteroatoms. The zero-order valence-corrected chi connectivity index (χ0v) is 13.8. The fourth-order valence-electron chi connectivity index (χ4n) is 2.70. The van der Waals surface area contributed by atoms with Gasteiger partial charge in [0.15, 0.2) is 11.5 Å². The SMILES string of the molecule is CCCc1ccc(C[Si](C)(C)C)c2cc(O)c(O)cc12. The lowest BCUT2D eigenvalue weighted by molar-refractivity contribution is 0.405. The van der Waals surface area contributed by atoms with Gasteiger partial charge in [0, 0.05) is 8.07 Å². The van der Waals surface area contributed by atoms with Gasteiger partial charge in [0.25, 0.3) is 0 Å². The first-order chi connectivity index (χ1) is 9.31. The van der Waals surface area contributed by atoms with Crippen LogP contribution in [0.15, 0.2) is 24.3 Å². The van der Waals surface area contributed by atoms with E-state index >= 15 is 0 Å². The van der Waals surface area contributed by atoms with Gasteiger partial charge < -0.3 is 10.2 Å². The van der Waals surface area contributed by atoms with Gasteiger partial charge in [-0.3, -0.25) is 0 Å². The fourth-order valence-corrected chi connectivity index (χ4v) is 4.15. The molecule has 0 spiro atoms. The highest BCUT2D eigenvalue weighted by atomic mass is 28.3. The number of rotatable bonds is 4. The van der Waals surface area contributed by atoms with Crippen LogP contribution in [0.4, 0.5) is 0 Å². The summed E-state index contributed by atoms with van der Waals surface area (Å²) in [5, 5.41) is 21.8. The van der Waals surface area contributed by atoms with Crippen molar-refractivity contribution in [3.8, 4) is 11.5 Å². The van der Waals surface area contributed by atoms with Crippen molar-refractivity contribution in [3.63, 3.8) is 0 Å². The van der Waals surface area contributed by atoms with E-state index in [1.165, 1.54) is 11.1 Å². The second-order valence-corrected chi connectivity index (χ2v) is 12.2. The summed E-state index contributed by atoms with van der Waals surface area (Å²) >= 11 is 0. The fraction of sp³-hybridized carbons (Fsp3) is 0.412. The Bertz CT molecular complexity index is 627. The van der Waals surface area contributed by atoms with Gasteiger partial charge in [-0.1, -0.05) is 45.1 Å². The Balaban J connectivity index is 2.66. The third-order valence-electron chi connectivity index (χ3n) is 3.53. The van der Waals surface area contributed by atoms with Gasteiger partial charge in [0.05, 0.1) is 0 Å². The van der Waals surface area contributed by atoms with Crippen LogP contribution >= 0.6 is 0 Å². The second-order valence-electron chi connectivity index (χ2n) is 6.76. The molecule has 0 atom stereocenters. The Kier molecular flexibility index (Phi) is 4.09. The lowest BCUT2D eigenvalue weighted by Crippen LogP contribution is -2.24. The molecule has 0 radical (unpaired) electrons. The van der Waals surface area contributed by atoms with Crippen molar-refractivity contribution in [3.05, 3.63) is 35.4 Å². The molecule has 0 fully saturated rings. The molecule has 2 rings (SSSR count). The van der Waals surface area contributed by atoms with Crippen molar-refractivity contribution < 1.29 is 10.2 Å². The molecule has 0 saturated carbocycles. The molecule has 2 aromatic rings. The van der Waals surface area contributed by atoms with Crippen LogP contribution in [0.25, 0.3) is 10.8 Å². The minimum atomic E-state index is -1.23. The van der Waals surface area contributed by atoms with Gasteiger partial charge >= 0.3 is 0 Å². The van der Waals surface area contributed by atoms with Crippen LogP contribution in [0.5, 0.6) is 11.5 Å². The van der Waals surface area contributed by atoms with Crippen LogP contribution in [0.2, 0.25) is 19.6 Å². The van der Waals surface area contributed by atoms with Crippen LogP contribution in [0.3, 0.4) is 0 Å². The first-order valence-corrected chi connectivity index (χ1v) is 11.0.